The van der Waals surface area contributed by atoms with Crippen LogP contribution in [0.2, 0.25) is 0 Å². The van der Waals surface area contributed by atoms with E-state index in [2.05, 4.69) is 16.6 Å². The molecule has 0 radical (unpaired) electrons. The lowest BCUT2D eigenvalue weighted by molar-refractivity contribution is -0.130. The molecule has 0 amide bonds. The topological polar surface area (TPSA) is 65.8 Å². The van der Waals surface area contributed by atoms with Gasteiger partial charge in [-0.05, 0) is 42.2 Å². The summed E-state index contributed by atoms with van der Waals surface area (Å²) in [7, 11) is 0. The second kappa shape index (κ2) is 5.74. The Kier molecular flexibility index (Phi) is 3.80. The van der Waals surface area contributed by atoms with Crippen LogP contribution in [0.3, 0.4) is 0 Å². The van der Waals surface area contributed by atoms with E-state index in [1.807, 2.05) is 30.3 Å². The van der Waals surface area contributed by atoms with Gasteiger partial charge in [-0.3, -0.25) is 4.79 Å². The molecule has 2 fully saturated rings. The number of rotatable bonds is 3. The van der Waals surface area contributed by atoms with Crippen LogP contribution in [0.25, 0.3) is 10.4 Å². The number of allylic oxidation sites excluding steroid dienone is 1. The minimum Gasteiger partial charge on any atom is -0.299 e. The molecule has 4 nitrogen and oxygen atoms in total. The van der Waals surface area contributed by atoms with Crippen molar-refractivity contribution in [1.29, 1.82) is 0 Å². The van der Waals surface area contributed by atoms with Crippen molar-refractivity contribution in [2.75, 3.05) is 0 Å². The number of hydrogen-bond acceptors (Lipinski definition) is 2. The number of hydrogen-bond donors (Lipinski definition) is 0. The molecule has 2 aliphatic carbocycles. The van der Waals surface area contributed by atoms with Gasteiger partial charge < -0.3 is 0 Å². The van der Waals surface area contributed by atoms with E-state index in [4.69, 9.17) is 5.53 Å². The SMILES string of the molecule is C=C1CC2CC(=O)[C@@H](C(N=[N+]=[N-])c3ccccc3)C(C1)C2. The fourth-order valence-electron chi connectivity index (χ4n) is 4.06. The summed E-state index contributed by atoms with van der Waals surface area (Å²) in [6, 6.07) is 9.27. The molecule has 2 saturated carbocycles. The highest BCUT2D eigenvalue weighted by Gasteiger charge is 2.43. The largest absolute Gasteiger partial charge is 0.299 e. The van der Waals surface area contributed by atoms with Crippen LogP contribution in [0.1, 0.15) is 37.3 Å². The number of azide groups is 1. The van der Waals surface area contributed by atoms with Crippen LogP contribution in [-0.2, 0) is 4.79 Å². The van der Waals surface area contributed by atoms with Crippen molar-refractivity contribution in [2.45, 2.75) is 31.7 Å². The van der Waals surface area contributed by atoms with Crippen molar-refractivity contribution >= 4 is 5.78 Å². The summed E-state index contributed by atoms with van der Waals surface area (Å²) in [5.41, 5.74) is 11.1. The first-order valence-corrected chi connectivity index (χ1v) is 7.47. The lowest BCUT2D eigenvalue weighted by Gasteiger charge is -2.42. The van der Waals surface area contributed by atoms with Gasteiger partial charge in [0.15, 0.2) is 0 Å². The first-order chi connectivity index (χ1) is 10.2. The highest BCUT2D eigenvalue weighted by atomic mass is 16.1. The van der Waals surface area contributed by atoms with Gasteiger partial charge >= 0.3 is 0 Å². The van der Waals surface area contributed by atoms with Crippen LogP contribution in [0.15, 0.2) is 47.6 Å². The third kappa shape index (κ3) is 2.72. The molecule has 0 aliphatic heterocycles. The second-order valence-corrected chi connectivity index (χ2v) is 6.28. The van der Waals surface area contributed by atoms with E-state index in [0.29, 0.717) is 12.3 Å². The predicted octanol–water partition coefficient (Wildman–Crippen LogP) is 4.60. The van der Waals surface area contributed by atoms with Crippen molar-refractivity contribution in [3.63, 3.8) is 0 Å². The average Bonchev–Trinajstić information content (AvgIpc) is 2.46. The zero-order valence-corrected chi connectivity index (χ0v) is 12.0. The first kappa shape index (κ1) is 13.9. The molecule has 3 unspecified atom stereocenters. The van der Waals surface area contributed by atoms with Crippen molar-refractivity contribution in [3.8, 4) is 0 Å². The van der Waals surface area contributed by atoms with Crippen molar-refractivity contribution in [2.24, 2.45) is 22.9 Å². The fraction of sp³-hybridized carbons (Fsp3) is 0.471. The number of nitrogens with zero attached hydrogens (tertiary/aromatic N) is 3. The number of carbonyl (C=O) groups excluding carboxylic acids is 1. The van der Waals surface area contributed by atoms with Crippen molar-refractivity contribution in [1.82, 2.24) is 0 Å². The molecular weight excluding hydrogens is 262 g/mol. The van der Waals surface area contributed by atoms with Gasteiger partial charge in [0.25, 0.3) is 0 Å². The van der Waals surface area contributed by atoms with Gasteiger partial charge in [0.1, 0.15) is 5.78 Å². The Labute approximate surface area is 124 Å². The highest BCUT2D eigenvalue weighted by molar-refractivity contribution is 5.83. The third-order valence-corrected chi connectivity index (χ3v) is 4.79. The van der Waals surface area contributed by atoms with Gasteiger partial charge in [-0.1, -0.05) is 47.6 Å². The van der Waals surface area contributed by atoms with Gasteiger partial charge in [-0.2, -0.15) is 0 Å². The Morgan fingerprint density at radius 1 is 1.24 bits per heavy atom. The van der Waals surface area contributed by atoms with E-state index in [-0.39, 0.29) is 23.7 Å². The van der Waals surface area contributed by atoms with E-state index in [1.54, 1.807) is 0 Å². The van der Waals surface area contributed by atoms with E-state index < -0.39 is 0 Å². The Morgan fingerprint density at radius 3 is 2.71 bits per heavy atom. The van der Waals surface area contributed by atoms with E-state index in [0.717, 1.165) is 24.8 Å². The minimum atomic E-state index is -0.388. The summed E-state index contributed by atoms with van der Waals surface area (Å²) in [5.74, 6) is 0.775. The number of carbonyl (C=O) groups is 1. The number of ketones is 1. The summed E-state index contributed by atoms with van der Waals surface area (Å²) in [6.07, 6.45) is 3.52. The molecule has 108 valence electrons. The Hall–Kier alpha value is -2.06. The maximum atomic E-state index is 12.6. The summed E-state index contributed by atoms with van der Waals surface area (Å²) < 4.78 is 0. The van der Waals surface area contributed by atoms with Crippen LogP contribution >= 0.6 is 0 Å². The maximum absolute atomic E-state index is 12.6. The van der Waals surface area contributed by atoms with Crippen LogP contribution in [0, 0.1) is 17.8 Å². The Bertz CT molecular complexity index is 604. The second-order valence-electron chi connectivity index (χ2n) is 6.28. The van der Waals surface area contributed by atoms with Crippen LogP contribution in [0.4, 0.5) is 0 Å². The first-order valence-electron chi connectivity index (χ1n) is 7.47. The van der Waals surface area contributed by atoms with E-state index in [1.165, 1.54) is 5.57 Å². The molecule has 1 aromatic carbocycles. The van der Waals surface area contributed by atoms with Crippen LogP contribution < -0.4 is 0 Å². The van der Waals surface area contributed by atoms with Gasteiger partial charge in [0, 0.05) is 17.3 Å². The molecular formula is C17H19N3O. The van der Waals surface area contributed by atoms with E-state index in [9.17, 15) is 4.79 Å². The summed E-state index contributed by atoms with van der Waals surface area (Å²) in [5, 5.41) is 3.97. The van der Waals surface area contributed by atoms with Gasteiger partial charge in [-0.25, -0.2) is 0 Å². The molecule has 0 N–H and O–H groups in total. The number of benzene rings is 1. The molecule has 0 spiro atoms. The van der Waals surface area contributed by atoms with Gasteiger partial charge in [-0.15, -0.1) is 0 Å². The van der Waals surface area contributed by atoms with Crippen molar-refractivity contribution < 1.29 is 4.79 Å². The molecule has 4 atom stereocenters. The molecule has 0 aromatic heterocycles. The Morgan fingerprint density at radius 2 is 2.00 bits per heavy atom. The third-order valence-electron chi connectivity index (χ3n) is 4.79. The van der Waals surface area contributed by atoms with Crippen LogP contribution in [-0.4, -0.2) is 5.78 Å². The Balaban J connectivity index is 1.96. The highest BCUT2D eigenvalue weighted by Crippen LogP contribution is 2.48. The van der Waals surface area contributed by atoms with E-state index >= 15 is 0 Å². The predicted molar refractivity (Wildman–Crippen MR) is 81.4 cm³/mol. The zero-order chi connectivity index (χ0) is 14.8. The standard InChI is InChI=1S/C17H19N3O/c1-11-7-12-9-14(8-11)16(15(21)10-12)17(19-20-18)13-5-3-2-4-6-13/h2-6,12,14,16-17H,1,7-10H2/t12?,14?,16-,17?/m0/s1. The van der Waals surface area contributed by atoms with Gasteiger partial charge in [0.2, 0.25) is 0 Å². The quantitative estimate of drug-likeness (QED) is 0.345. The summed E-state index contributed by atoms with van der Waals surface area (Å²) in [6.45, 7) is 4.12. The lowest BCUT2D eigenvalue weighted by atomic mass is 9.62. The molecule has 21 heavy (non-hydrogen) atoms. The zero-order valence-electron chi connectivity index (χ0n) is 12.0. The summed E-state index contributed by atoms with van der Waals surface area (Å²) >= 11 is 0. The molecule has 2 aliphatic rings. The fourth-order valence-corrected chi connectivity index (χ4v) is 4.06. The minimum absolute atomic E-state index is 0.198. The number of Topliss-reactive ketones (excluding diaryl/α,β-unsaturated/α-hetero) is 1. The monoisotopic (exact) mass is 281 g/mol. The summed E-state index contributed by atoms with van der Waals surface area (Å²) in [4.78, 5) is 15.6. The van der Waals surface area contributed by atoms with Crippen molar-refractivity contribution in [3.05, 3.63) is 58.5 Å². The van der Waals surface area contributed by atoms with Gasteiger partial charge in [0.05, 0.1) is 6.04 Å². The molecule has 1 aromatic rings. The molecule has 4 heteroatoms. The molecule has 2 bridgehead atoms. The lowest BCUT2D eigenvalue weighted by Crippen LogP contribution is -2.39. The molecule has 3 rings (SSSR count). The van der Waals surface area contributed by atoms with Crippen LogP contribution in [0.5, 0.6) is 0 Å². The molecule has 0 heterocycles. The number of fused-ring (bicyclic) bond motifs is 2. The normalized spacial score (nSPS) is 29.6. The smallest absolute Gasteiger partial charge is 0.137 e. The maximum Gasteiger partial charge on any atom is 0.137 e. The molecule has 0 saturated heterocycles. The average molecular weight is 281 g/mol.